The highest BCUT2D eigenvalue weighted by Gasteiger charge is 2.11. The highest BCUT2D eigenvalue weighted by Crippen LogP contribution is 2.25. The van der Waals surface area contributed by atoms with Crippen LogP contribution in [0.25, 0.3) is 0 Å². The number of carbonyl (C=O) groups is 1. The number of nitrogens with two attached hydrogens (primary N) is 1. The maximum atomic E-state index is 12.4. The van der Waals surface area contributed by atoms with Crippen molar-refractivity contribution >= 4 is 42.1 Å². The smallest absolute Gasteiger partial charge is 0.253 e. The lowest BCUT2D eigenvalue weighted by molar-refractivity contribution is 0.0954. The largest absolute Gasteiger partial charge is 0.355 e. The molecule has 1 amide bonds. The lowest BCUT2D eigenvalue weighted by Crippen LogP contribution is -2.25. The first-order chi connectivity index (χ1) is 11.1. The summed E-state index contributed by atoms with van der Waals surface area (Å²) in [6.07, 6.45) is 1.82. The zero-order valence-electron chi connectivity index (χ0n) is 14.7. The van der Waals surface area contributed by atoms with E-state index < -0.39 is 0 Å². The summed E-state index contributed by atoms with van der Waals surface area (Å²) in [5.41, 5.74) is 10.4. The predicted molar refractivity (Wildman–Crippen MR) is 111 cm³/mol. The third-order valence-corrected chi connectivity index (χ3v) is 3.96. The molecule has 2 rings (SSSR count). The predicted octanol–water partition coefficient (Wildman–Crippen LogP) is 4.36. The van der Waals surface area contributed by atoms with Crippen molar-refractivity contribution in [2.45, 2.75) is 26.7 Å². The quantitative estimate of drug-likeness (QED) is 0.622. The van der Waals surface area contributed by atoms with Crippen molar-refractivity contribution in [3.8, 4) is 0 Å². The van der Waals surface area contributed by atoms with Gasteiger partial charge in [-0.1, -0.05) is 24.3 Å². The first kappa shape index (κ1) is 23.2. The number of aryl methyl sites for hydroxylation is 1. The minimum Gasteiger partial charge on any atom is -0.355 e. The van der Waals surface area contributed by atoms with Gasteiger partial charge >= 0.3 is 0 Å². The number of anilines is 2. The normalized spacial score (nSPS) is 9.56. The Balaban J connectivity index is 0.00000288. The van der Waals surface area contributed by atoms with Gasteiger partial charge in [0.1, 0.15) is 0 Å². The number of hydrogen-bond donors (Lipinski definition) is 3. The third kappa shape index (κ3) is 6.58. The molecule has 0 fully saturated rings. The summed E-state index contributed by atoms with van der Waals surface area (Å²) in [6, 6.07) is 13.7. The van der Waals surface area contributed by atoms with Gasteiger partial charge in [-0.25, -0.2) is 0 Å². The summed E-state index contributed by atoms with van der Waals surface area (Å²) in [6.45, 7) is 5.46. The Kier molecular flexibility index (Phi) is 10.9. The van der Waals surface area contributed by atoms with E-state index in [0.717, 1.165) is 24.2 Å². The van der Waals surface area contributed by atoms with Gasteiger partial charge in [-0.2, -0.15) is 0 Å². The number of rotatable bonds is 7. The average molecular weight is 384 g/mol. The molecule has 6 heteroatoms. The second-order valence-electron chi connectivity index (χ2n) is 5.67. The number of amides is 1. The van der Waals surface area contributed by atoms with Crippen LogP contribution in [0.5, 0.6) is 0 Å². The van der Waals surface area contributed by atoms with E-state index in [9.17, 15) is 4.79 Å². The zero-order chi connectivity index (χ0) is 16.7. The van der Waals surface area contributed by atoms with Gasteiger partial charge in [0, 0.05) is 12.2 Å². The summed E-state index contributed by atoms with van der Waals surface area (Å²) in [4.78, 5) is 12.4. The Labute approximate surface area is 162 Å². The molecular formula is C19H27Cl2N3O. The monoisotopic (exact) mass is 383 g/mol. The Morgan fingerprint density at radius 1 is 0.960 bits per heavy atom. The molecule has 4 nitrogen and oxygen atoms in total. The van der Waals surface area contributed by atoms with Crippen LogP contribution in [0.1, 0.15) is 34.3 Å². The van der Waals surface area contributed by atoms with Crippen molar-refractivity contribution in [1.82, 2.24) is 5.32 Å². The standard InChI is InChI=1S/C19H25N3O.2ClH/c1-14-8-7-11-17(15(14)2)22-18-10-4-3-9-16(18)19(23)21-13-6-5-12-20;;/h3-4,7-11,22H,5-6,12-13,20H2,1-2H3,(H,21,23);2*1H. The fraction of sp³-hybridized carbons (Fsp3) is 0.316. The number of hydrogen-bond acceptors (Lipinski definition) is 3. The topological polar surface area (TPSA) is 67.2 Å². The number of carbonyl (C=O) groups excluding carboxylic acids is 1. The molecule has 0 saturated heterocycles. The van der Waals surface area contributed by atoms with Crippen molar-refractivity contribution in [1.29, 1.82) is 0 Å². The minimum atomic E-state index is -0.0598. The fourth-order valence-electron chi connectivity index (χ4n) is 2.39. The lowest BCUT2D eigenvalue weighted by Gasteiger charge is -2.15. The summed E-state index contributed by atoms with van der Waals surface area (Å²) < 4.78 is 0. The number of unbranched alkanes of at least 4 members (excludes halogenated alkanes) is 1. The maximum Gasteiger partial charge on any atom is 0.253 e. The van der Waals surface area contributed by atoms with E-state index in [1.165, 1.54) is 11.1 Å². The van der Waals surface area contributed by atoms with Crippen LogP contribution in [-0.4, -0.2) is 19.0 Å². The summed E-state index contributed by atoms with van der Waals surface area (Å²) in [5, 5.41) is 6.33. The first-order valence-corrected chi connectivity index (χ1v) is 8.04. The first-order valence-electron chi connectivity index (χ1n) is 8.04. The van der Waals surface area contributed by atoms with E-state index in [1.807, 2.05) is 36.4 Å². The SMILES string of the molecule is Cc1cccc(Nc2ccccc2C(=O)NCCCCN)c1C.Cl.Cl. The number of halogens is 2. The van der Waals surface area contributed by atoms with Gasteiger partial charge in [0.25, 0.3) is 5.91 Å². The van der Waals surface area contributed by atoms with E-state index in [2.05, 4.69) is 30.5 Å². The highest BCUT2D eigenvalue weighted by atomic mass is 35.5. The lowest BCUT2D eigenvalue weighted by atomic mass is 10.1. The van der Waals surface area contributed by atoms with E-state index in [-0.39, 0.29) is 30.7 Å². The van der Waals surface area contributed by atoms with Gasteiger partial charge in [0.2, 0.25) is 0 Å². The summed E-state index contributed by atoms with van der Waals surface area (Å²) >= 11 is 0. The Morgan fingerprint density at radius 3 is 2.36 bits per heavy atom. The Bertz CT molecular complexity index is 677. The zero-order valence-corrected chi connectivity index (χ0v) is 16.3. The molecular weight excluding hydrogens is 357 g/mol. The molecule has 0 aromatic heterocycles. The molecule has 2 aromatic rings. The maximum absolute atomic E-state index is 12.4. The van der Waals surface area contributed by atoms with E-state index >= 15 is 0 Å². The van der Waals surface area contributed by atoms with Crippen LogP contribution < -0.4 is 16.4 Å². The van der Waals surface area contributed by atoms with Gasteiger partial charge in [-0.3, -0.25) is 4.79 Å². The highest BCUT2D eigenvalue weighted by molar-refractivity contribution is 6.00. The van der Waals surface area contributed by atoms with E-state index in [4.69, 9.17) is 5.73 Å². The van der Waals surface area contributed by atoms with Crippen LogP contribution in [0, 0.1) is 13.8 Å². The second kappa shape index (κ2) is 11.7. The molecule has 138 valence electrons. The fourth-order valence-corrected chi connectivity index (χ4v) is 2.39. The number of para-hydroxylation sites is 1. The molecule has 2 aromatic carbocycles. The number of nitrogens with one attached hydrogen (secondary N) is 2. The summed E-state index contributed by atoms with van der Waals surface area (Å²) in [7, 11) is 0. The van der Waals surface area contributed by atoms with Crippen molar-refractivity contribution in [2.24, 2.45) is 5.73 Å². The molecule has 0 bridgehead atoms. The molecule has 0 aliphatic heterocycles. The molecule has 0 radical (unpaired) electrons. The van der Waals surface area contributed by atoms with E-state index in [1.54, 1.807) is 0 Å². The van der Waals surface area contributed by atoms with Crippen molar-refractivity contribution < 1.29 is 4.79 Å². The minimum absolute atomic E-state index is 0. The van der Waals surface area contributed by atoms with Crippen molar-refractivity contribution in [3.63, 3.8) is 0 Å². The molecule has 25 heavy (non-hydrogen) atoms. The van der Waals surface area contributed by atoms with Crippen molar-refractivity contribution in [3.05, 3.63) is 59.2 Å². The van der Waals surface area contributed by atoms with Crippen LogP contribution in [0.15, 0.2) is 42.5 Å². The number of benzene rings is 2. The average Bonchev–Trinajstić information content (AvgIpc) is 2.56. The molecule has 0 spiro atoms. The molecule has 0 heterocycles. The molecule has 0 unspecified atom stereocenters. The molecule has 0 aliphatic rings. The Hall–Kier alpha value is -1.75. The van der Waals surface area contributed by atoms with Crippen LogP contribution in [0.2, 0.25) is 0 Å². The van der Waals surface area contributed by atoms with Gasteiger partial charge in [0.05, 0.1) is 11.3 Å². The van der Waals surface area contributed by atoms with Crippen LogP contribution in [0.3, 0.4) is 0 Å². The van der Waals surface area contributed by atoms with Crippen LogP contribution in [-0.2, 0) is 0 Å². The third-order valence-electron chi connectivity index (χ3n) is 3.96. The van der Waals surface area contributed by atoms with Gasteiger partial charge in [-0.05, 0) is 62.6 Å². The van der Waals surface area contributed by atoms with Gasteiger partial charge in [0.15, 0.2) is 0 Å². The van der Waals surface area contributed by atoms with E-state index in [0.29, 0.717) is 18.7 Å². The Morgan fingerprint density at radius 2 is 1.64 bits per heavy atom. The molecule has 0 saturated carbocycles. The molecule has 0 atom stereocenters. The summed E-state index contributed by atoms with van der Waals surface area (Å²) in [5.74, 6) is -0.0598. The van der Waals surface area contributed by atoms with Crippen LogP contribution in [0.4, 0.5) is 11.4 Å². The van der Waals surface area contributed by atoms with Gasteiger partial charge < -0.3 is 16.4 Å². The molecule has 4 N–H and O–H groups in total. The van der Waals surface area contributed by atoms with Gasteiger partial charge in [-0.15, -0.1) is 24.8 Å². The second-order valence-corrected chi connectivity index (χ2v) is 5.67. The van der Waals surface area contributed by atoms with Crippen LogP contribution >= 0.6 is 24.8 Å². The molecule has 0 aliphatic carbocycles. The van der Waals surface area contributed by atoms with Crippen molar-refractivity contribution in [2.75, 3.05) is 18.4 Å².